The smallest absolute Gasteiger partial charge is 0.494 e. The van der Waals surface area contributed by atoms with Crippen LogP contribution in [0.1, 0.15) is 10.5 Å². The van der Waals surface area contributed by atoms with Crippen LogP contribution in [0.5, 0.6) is 5.75 Å². The number of halogens is 2. The standard InChI is InChI=1S/C60H36.C11H6F2N.C9H7NO.C6H5NO2.Al.Ir.H/c1-4-19-49-43(13-1)46-16-7-10-22-52(46)58-34-37(25-28-55(49)58)40-31-41(38-26-29-56-50-20-5-2-14-44(50)47-17-8-11-23-53(47)59(56)35-38)33-42(32-40)39-27-30-57-51-21-6-3-15-45(51)48-18-9-12-24-54(48)60(57)36-39;12-8-4-5-9(10(13)7-8)11-3-1-2-6-14-11;11-8-5-1-3-7-4-2-6-10-9(7)8;8-6(9)5-3-1-2-4-7-5;;;/h1-36H;1-4,6-7H;1-6,11H;1-4H,(H,8,9);;;/q;-1;;;+1;;/p-1. The first-order chi connectivity index (χ1) is 46.7. The van der Waals surface area contributed by atoms with Crippen molar-refractivity contribution in [3.63, 3.8) is 0 Å². The number of rotatable bonds is 6. The van der Waals surface area contributed by atoms with Gasteiger partial charge in [0.15, 0.2) is 0 Å². The molecule has 0 aliphatic heterocycles. The number of pyridine rings is 3. The first-order valence-corrected chi connectivity index (χ1v) is 31.7. The van der Waals surface area contributed by atoms with Crippen LogP contribution in [-0.4, -0.2) is 42.7 Å². The number of carboxylic acids is 1. The van der Waals surface area contributed by atoms with E-state index in [2.05, 4.69) is 239 Å². The SMILES string of the molecule is Fc1c[c-]c(-c2ccccn2)c(F)c1.O=C(O)c1ccccn1.[AlH][O]c1cccc2cccnc12.[Ir].c1ccc2c(c1)c1ccccc1c1cc(-c3cc(-c4ccc5c6ccccc6c6ccccc6c5c4)cc(-c4ccc5c6ccccc6c6ccccc6c5c4)c3)ccc21. The molecule has 18 rings (SSSR count). The average molecular weight is 1430 g/mol. The average Bonchev–Trinajstić information content (AvgIpc) is 0.753. The minimum absolute atomic E-state index is 0. The molecule has 10 heteroatoms. The van der Waals surface area contributed by atoms with Gasteiger partial charge in [-0.25, -0.2) is 9.78 Å². The van der Waals surface area contributed by atoms with Crippen molar-refractivity contribution in [2.75, 3.05) is 0 Å². The number of aromatic carboxylic acids is 1. The van der Waals surface area contributed by atoms with Gasteiger partial charge in [-0.2, -0.15) is 0 Å². The van der Waals surface area contributed by atoms with Crippen LogP contribution in [0.15, 0.2) is 316 Å². The molecule has 0 saturated carbocycles. The Morgan fingerprint density at radius 1 is 0.354 bits per heavy atom. The Bertz CT molecular complexity index is 5460. The summed E-state index contributed by atoms with van der Waals surface area (Å²) in [5.74, 6) is -1.44. The molecule has 458 valence electrons. The molecule has 0 aliphatic rings. The Morgan fingerprint density at radius 2 is 0.708 bits per heavy atom. The maximum Gasteiger partial charge on any atom is 0.494 e. The second-order valence-electron chi connectivity index (χ2n) is 23.1. The topological polar surface area (TPSA) is 85.2 Å². The summed E-state index contributed by atoms with van der Waals surface area (Å²) in [6.45, 7) is 0. The van der Waals surface area contributed by atoms with E-state index in [4.69, 9.17) is 8.90 Å². The molecule has 0 atom stereocenters. The predicted octanol–water partition coefficient (Wildman–Crippen LogP) is 22.1. The van der Waals surface area contributed by atoms with Gasteiger partial charge >= 0.3 is 22.6 Å². The fraction of sp³-hybridized carbons (Fsp3) is 0. The van der Waals surface area contributed by atoms with Crippen LogP contribution in [0.25, 0.3) is 152 Å². The number of nitrogens with zero attached hydrogens (tertiary/aromatic N) is 3. The van der Waals surface area contributed by atoms with Crippen LogP contribution in [0, 0.1) is 17.7 Å². The summed E-state index contributed by atoms with van der Waals surface area (Å²) in [4.78, 5) is 21.9. The molecule has 0 unspecified atom stereocenters. The second-order valence-corrected chi connectivity index (χ2v) is 23.4. The predicted molar refractivity (Wildman–Crippen MR) is 389 cm³/mol. The van der Waals surface area contributed by atoms with Gasteiger partial charge in [0.1, 0.15) is 17.0 Å². The normalized spacial score (nSPS) is 11.1. The van der Waals surface area contributed by atoms with Crippen molar-refractivity contribution in [2.45, 2.75) is 0 Å². The third-order valence-corrected chi connectivity index (χ3v) is 17.9. The fourth-order valence-electron chi connectivity index (χ4n) is 13.2. The van der Waals surface area contributed by atoms with Crippen LogP contribution in [0.2, 0.25) is 0 Å². The van der Waals surface area contributed by atoms with Gasteiger partial charge in [0.25, 0.3) is 0 Å². The number of fused-ring (bicyclic) bond motifs is 19. The van der Waals surface area contributed by atoms with Gasteiger partial charge in [-0.15, -0.1) is 12.1 Å². The molecular weight excluding hydrogens is 1380 g/mol. The first-order valence-electron chi connectivity index (χ1n) is 31.1. The molecule has 15 aromatic carbocycles. The van der Waals surface area contributed by atoms with E-state index in [0.717, 1.165) is 28.8 Å². The Kier molecular flexibility index (Phi) is 17.7. The molecule has 3 aromatic heterocycles. The molecule has 0 bridgehead atoms. The number of hydrogen-bond donors (Lipinski definition) is 1. The van der Waals surface area contributed by atoms with E-state index in [1.165, 1.54) is 159 Å². The van der Waals surface area contributed by atoms with Crippen LogP contribution >= 0.6 is 0 Å². The zero-order chi connectivity index (χ0) is 64.4. The van der Waals surface area contributed by atoms with Crippen molar-refractivity contribution < 1.29 is 42.6 Å². The van der Waals surface area contributed by atoms with E-state index in [0.29, 0.717) is 5.69 Å². The Hall–Kier alpha value is -11.3. The molecule has 0 spiro atoms. The monoisotopic (exact) mass is 1430 g/mol. The van der Waals surface area contributed by atoms with Crippen LogP contribution in [0.3, 0.4) is 0 Å². The van der Waals surface area contributed by atoms with Gasteiger partial charge in [-0.3, -0.25) is 13.8 Å². The number of hydrogen-bond acceptors (Lipinski definition) is 5. The molecule has 96 heavy (non-hydrogen) atoms. The van der Waals surface area contributed by atoms with Crippen molar-refractivity contribution in [3.8, 4) is 50.4 Å². The molecule has 3 heterocycles. The van der Waals surface area contributed by atoms with E-state index in [1.54, 1.807) is 42.7 Å². The third kappa shape index (κ3) is 12.1. The summed E-state index contributed by atoms with van der Waals surface area (Å²) < 4.78 is 31.0. The molecule has 0 amide bonds. The molecule has 2 radical (unpaired) electrons. The number of carboxylic acid groups (broad SMARTS) is 1. The van der Waals surface area contributed by atoms with E-state index in [9.17, 15) is 13.6 Å². The largest absolute Gasteiger partial charge is 0.649 e. The summed E-state index contributed by atoms with van der Waals surface area (Å²) in [5.41, 5.74) is 8.88. The zero-order valence-electron chi connectivity index (χ0n) is 51.4. The van der Waals surface area contributed by atoms with Gasteiger partial charge in [-0.05, 0) is 203 Å². The van der Waals surface area contributed by atoms with Crippen LogP contribution < -0.4 is 3.79 Å². The minimum atomic E-state index is -0.990. The van der Waals surface area contributed by atoms with E-state index in [1.807, 2.05) is 30.3 Å². The summed E-state index contributed by atoms with van der Waals surface area (Å²) in [5, 5.41) is 32.6. The molecule has 0 fully saturated rings. The van der Waals surface area contributed by atoms with Crippen molar-refractivity contribution >= 4 is 130 Å². The Morgan fingerprint density at radius 3 is 1.05 bits per heavy atom. The molecule has 0 aliphatic carbocycles. The quantitative estimate of drug-likeness (QED) is 0.101. The maximum atomic E-state index is 13.2. The number of aromatic nitrogens is 3. The van der Waals surface area contributed by atoms with Gasteiger partial charge in [0.05, 0.1) is 0 Å². The van der Waals surface area contributed by atoms with Gasteiger partial charge in [0, 0.05) is 55.7 Å². The maximum absolute atomic E-state index is 13.2. The van der Waals surface area contributed by atoms with Crippen molar-refractivity contribution in [2.24, 2.45) is 0 Å². The number of carbonyl (C=O) groups is 1. The first kappa shape index (κ1) is 62.1. The summed E-state index contributed by atoms with van der Waals surface area (Å²) in [6.07, 6.45) is 4.77. The zero-order valence-corrected chi connectivity index (χ0v) is 55.2. The Labute approximate surface area is 573 Å². The van der Waals surface area contributed by atoms with Gasteiger partial charge in [0.2, 0.25) is 0 Å². The summed E-state index contributed by atoms with van der Waals surface area (Å²) in [6, 6.07) is 106. The molecule has 18 aromatic rings. The fourth-order valence-corrected chi connectivity index (χ4v) is 13.5. The second kappa shape index (κ2) is 27.3. The molecule has 6 nitrogen and oxygen atoms in total. The van der Waals surface area contributed by atoms with Crippen molar-refractivity contribution in [1.29, 1.82) is 0 Å². The minimum Gasteiger partial charge on any atom is -0.649 e. The molecular formula is C86H54AlF2IrN3O3-. The van der Waals surface area contributed by atoms with Crippen molar-refractivity contribution in [3.05, 3.63) is 339 Å². The molecule has 1 N–H and O–H groups in total. The van der Waals surface area contributed by atoms with E-state index >= 15 is 0 Å². The van der Waals surface area contributed by atoms with Crippen molar-refractivity contribution in [1.82, 2.24) is 15.0 Å². The van der Waals surface area contributed by atoms with Gasteiger partial charge in [-0.1, -0.05) is 230 Å². The number of benzene rings is 15. The van der Waals surface area contributed by atoms with Crippen LogP contribution in [0.4, 0.5) is 8.78 Å². The Balaban J connectivity index is 0.000000177. The van der Waals surface area contributed by atoms with Crippen LogP contribution in [-0.2, 0) is 20.1 Å². The summed E-state index contributed by atoms with van der Waals surface area (Å²) in [7, 11) is 0. The summed E-state index contributed by atoms with van der Waals surface area (Å²) >= 11 is 1.47. The van der Waals surface area contributed by atoms with Gasteiger partial charge < -0.3 is 13.9 Å². The van der Waals surface area contributed by atoms with E-state index < -0.39 is 17.6 Å². The molecule has 0 saturated heterocycles. The number of para-hydroxylation sites is 1. The third-order valence-electron chi connectivity index (χ3n) is 17.6. The van der Waals surface area contributed by atoms with E-state index in [-0.39, 0.29) is 31.4 Å².